The molecule has 18 unspecified atom stereocenters. The number of rotatable bonds is 8. The van der Waals surface area contributed by atoms with Crippen molar-refractivity contribution in [3.05, 3.63) is 11.1 Å². The number of carbonyl (C=O) groups excluding carboxylic acids is 1. The number of ether oxygens (including phenoxy) is 6. The summed E-state index contributed by atoms with van der Waals surface area (Å²) in [4.78, 5) is 14.6. The van der Waals surface area contributed by atoms with E-state index in [1.165, 1.54) is 18.1 Å². The maximum Gasteiger partial charge on any atom is 0.315 e. The predicted octanol–water partition coefficient (Wildman–Crippen LogP) is 0.922. The standard InChI is InChI=1S/C47H76O17/c1-21-30(49)33(52)36(55)39(60-21)59-20-26-32(51)35(54)37(56)40(62-26)63-29-12-14-46(7)27(44(29,4)5)11-13-45(6)23-10-15-47(17-16-43(2,3)18-24(47)22(23)8-9-28(45)46)42(58)64-41-38(57)34(53)31(50)25(19-48)61-41/h21,24-41,48-57H,8-20H2,1-7H3/t21?,24?,25?,26?,27?,28?,29-,30?,31?,32?,33?,34?,35?,36?,37?,38?,39?,40?,41?,45-,46-,47+/m0/s1. The number of hydrogen-bond acceptors (Lipinski definition) is 17. The Hall–Kier alpha value is -1.39. The monoisotopic (exact) mass is 913 g/mol. The van der Waals surface area contributed by atoms with Gasteiger partial charge in [0.1, 0.15) is 67.1 Å². The van der Waals surface area contributed by atoms with Crippen LogP contribution in [0.4, 0.5) is 0 Å². The second-order valence-electron chi connectivity index (χ2n) is 22.8. The minimum absolute atomic E-state index is 0.0211. The van der Waals surface area contributed by atoms with Crippen molar-refractivity contribution in [2.24, 2.45) is 44.8 Å². The van der Waals surface area contributed by atoms with Gasteiger partial charge in [-0.25, -0.2) is 0 Å². The number of esters is 1. The summed E-state index contributed by atoms with van der Waals surface area (Å²) in [5.74, 6) is 0.0344. The van der Waals surface area contributed by atoms with E-state index in [-0.39, 0.29) is 40.8 Å². The van der Waals surface area contributed by atoms with Crippen LogP contribution < -0.4 is 0 Å². The van der Waals surface area contributed by atoms with Gasteiger partial charge in [0.15, 0.2) is 12.6 Å². The Bertz CT molecular complexity index is 1740. The highest BCUT2D eigenvalue weighted by molar-refractivity contribution is 5.79. The van der Waals surface area contributed by atoms with Gasteiger partial charge < -0.3 is 79.5 Å². The van der Waals surface area contributed by atoms with Gasteiger partial charge in [-0.15, -0.1) is 0 Å². The first-order valence-electron chi connectivity index (χ1n) is 23.8. The molecule has 0 bridgehead atoms. The quantitative estimate of drug-likeness (QED) is 0.0922. The molecule has 8 rings (SSSR count). The number of fused-ring (bicyclic) bond motifs is 6. The largest absolute Gasteiger partial charge is 0.432 e. The molecule has 366 valence electrons. The van der Waals surface area contributed by atoms with Crippen molar-refractivity contribution >= 4 is 5.97 Å². The zero-order valence-corrected chi connectivity index (χ0v) is 38.5. The van der Waals surface area contributed by atoms with Gasteiger partial charge in [0.25, 0.3) is 0 Å². The molecule has 3 heterocycles. The van der Waals surface area contributed by atoms with E-state index in [9.17, 15) is 55.9 Å². The zero-order chi connectivity index (χ0) is 46.6. The summed E-state index contributed by atoms with van der Waals surface area (Å²) >= 11 is 0. The van der Waals surface area contributed by atoms with Crippen LogP contribution in [0, 0.1) is 44.8 Å². The first-order valence-corrected chi connectivity index (χ1v) is 23.8. The van der Waals surface area contributed by atoms with Gasteiger partial charge in [-0.2, -0.15) is 0 Å². The molecule has 10 N–H and O–H groups in total. The van der Waals surface area contributed by atoms with Gasteiger partial charge in [0, 0.05) is 0 Å². The highest BCUT2D eigenvalue weighted by Crippen LogP contribution is 2.72. The topological polar surface area (TPSA) is 275 Å². The van der Waals surface area contributed by atoms with E-state index in [0.717, 1.165) is 51.4 Å². The number of allylic oxidation sites excluding steroid dienone is 2. The molecule has 17 heteroatoms. The van der Waals surface area contributed by atoms with E-state index in [4.69, 9.17) is 28.4 Å². The van der Waals surface area contributed by atoms with Gasteiger partial charge in [0.2, 0.25) is 6.29 Å². The fourth-order valence-corrected chi connectivity index (χ4v) is 14.5. The fraction of sp³-hybridized carbons (Fsp3) is 0.936. The third-order valence-electron chi connectivity index (χ3n) is 18.4. The Labute approximate surface area is 376 Å². The van der Waals surface area contributed by atoms with Crippen LogP contribution >= 0.6 is 0 Å². The SMILES string of the molecule is CC1OC(OCC2OC(O[C@H]3CC[C@@]4(C)C(CC[C@@]5(C)C6=C(CCC45)C4CC(C)(C)CC[C@]4(C(=O)OC4OC(CO)C(O)C(O)C4O)CC6)C3(C)C)C(O)C(O)C2O)C(O)C(O)C1O. The first-order chi connectivity index (χ1) is 29.9. The molecule has 0 aromatic rings. The van der Waals surface area contributed by atoms with E-state index in [1.54, 1.807) is 0 Å². The van der Waals surface area contributed by atoms with Crippen LogP contribution in [-0.4, -0.2) is 168 Å². The molecule has 0 radical (unpaired) electrons. The molecule has 3 aliphatic heterocycles. The number of aliphatic hydroxyl groups excluding tert-OH is 10. The Morgan fingerprint density at radius 3 is 1.95 bits per heavy atom. The number of carbonyl (C=O) groups is 1. The summed E-state index contributed by atoms with van der Waals surface area (Å²) in [6.45, 7) is 14.3. The molecular formula is C47H76O17. The summed E-state index contributed by atoms with van der Waals surface area (Å²) in [5, 5.41) is 105. The van der Waals surface area contributed by atoms with E-state index in [2.05, 4.69) is 41.5 Å². The van der Waals surface area contributed by atoms with E-state index in [1.807, 2.05) is 0 Å². The molecule has 64 heavy (non-hydrogen) atoms. The van der Waals surface area contributed by atoms with Crippen LogP contribution in [0.25, 0.3) is 0 Å². The van der Waals surface area contributed by atoms with Crippen molar-refractivity contribution in [1.82, 2.24) is 0 Å². The third kappa shape index (κ3) is 7.95. The summed E-state index contributed by atoms with van der Waals surface area (Å²) in [5.41, 5.74) is 1.37. The minimum atomic E-state index is -1.67. The molecule has 17 nitrogen and oxygen atoms in total. The lowest BCUT2D eigenvalue weighted by Crippen LogP contribution is -2.64. The second kappa shape index (κ2) is 17.5. The minimum Gasteiger partial charge on any atom is -0.432 e. The van der Waals surface area contributed by atoms with Crippen molar-refractivity contribution in [1.29, 1.82) is 0 Å². The average Bonchev–Trinajstić information content (AvgIpc) is 3.24. The van der Waals surface area contributed by atoms with Gasteiger partial charge in [-0.1, -0.05) is 52.7 Å². The normalized spacial score (nSPS) is 52.4. The lowest BCUT2D eigenvalue weighted by atomic mass is 9.38. The third-order valence-corrected chi connectivity index (χ3v) is 18.4. The maximum absolute atomic E-state index is 14.6. The fourth-order valence-electron chi connectivity index (χ4n) is 14.5. The van der Waals surface area contributed by atoms with Crippen LogP contribution in [0.15, 0.2) is 11.1 Å². The van der Waals surface area contributed by atoms with Crippen molar-refractivity contribution < 1.29 is 84.3 Å². The molecule has 0 aromatic carbocycles. The first kappa shape index (κ1) is 49.0. The van der Waals surface area contributed by atoms with Crippen molar-refractivity contribution in [2.45, 2.75) is 217 Å². The smallest absolute Gasteiger partial charge is 0.315 e. The van der Waals surface area contributed by atoms with Crippen molar-refractivity contribution in [3.8, 4) is 0 Å². The van der Waals surface area contributed by atoms with Crippen LogP contribution in [0.3, 0.4) is 0 Å². The van der Waals surface area contributed by atoms with Gasteiger partial charge >= 0.3 is 5.97 Å². The molecule has 5 aliphatic carbocycles. The molecule has 3 saturated carbocycles. The lowest BCUT2D eigenvalue weighted by molar-refractivity contribution is -0.343. The lowest BCUT2D eigenvalue weighted by Gasteiger charge is -2.67. The Morgan fingerprint density at radius 1 is 0.641 bits per heavy atom. The molecule has 6 fully saturated rings. The maximum atomic E-state index is 14.6. The Balaban J connectivity index is 0.983. The molecule has 22 atom stereocenters. The van der Waals surface area contributed by atoms with Crippen LogP contribution in [-0.2, 0) is 33.2 Å². The summed E-state index contributed by atoms with van der Waals surface area (Å²) < 4.78 is 35.6. The number of aliphatic hydroxyl groups is 10. The molecule has 0 amide bonds. The molecule has 3 saturated heterocycles. The summed E-state index contributed by atoms with van der Waals surface area (Å²) in [7, 11) is 0. The van der Waals surface area contributed by atoms with Crippen molar-refractivity contribution in [3.63, 3.8) is 0 Å². The van der Waals surface area contributed by atoms with Gasteiger partial charge in [-0.05, 0) is 117 Å². The molecule has 0 aromatic heterocycles. The van der Waals surface area contributed by atoms with Crippen LogP contribution in [0.5, 0.6) is 0 Å². The van der Waals surface area contributed by atoms with Crippen LogP contribution in [0.1, 0.15) is 119 Å². The molecule has 0 spiro atoms. The Morgan fingerprint density at radius 2 is 1.27 bits per heavy atom. The highest BCUT2D eigenvalue weighted by atomic mass is 16.7. The van der Waals surface area contributed by atoms with Gasteiger partial charge in [0.05, 0.1) is 30.8 Å². The summed E-state index contributed by atoms with van der Waals surface area (Å²) in [6.07, 6.45) is -13.0. The second-order valence-corrected chi connectivity index (χ2v) is 22.8. The van der Waals surface area contributed by atoms with E-state index < -0.39 is 116 Å². The molecule has 8 aliphatic rings. The van der Waals surface area contributed by atoms with Gasteiger partial charge in [-0.3, -0.25) is 4.79 Å². The Kier molecular flexibility index (Phi) is 13.4. The van der Waals surface area contributed by atoms with E-state index in [0.29, 0.717) is 25.2 Å². The highest BCUT2D eigenvalue weighted by Gasteiger charge is 2.66. The van der Waals surface area contributed by atoms with Crippen LogP contribution in [0.2, 0.25) is 0 Å². The van der Waals surface area contributed by atoms with Crippen molar-refractivity contribution in [2.75, 3.05) is 13.2 Å². The summed E-state index contributed by atoms with van der Waals surface area (Å²) in [6, 6.07) is 0. The van der Waals surface area contributed by atoms with E-state index >= 15 is 0 Å². The predicted molar refractivity (Wildman–Crippen MR) is 224 cm³/mol. The average molecular weight is 913 g/mol. The number of hydrogen-bond donors (Lipinski definition) is 10. The zero-order valence-electron chi connectivity index (χ0n) is 38.5. The molecular weight excluding hydrogens is 837 g/mol.